The van der Waals surface area contributed by atoms with Gasteiger partial charge in [-0.15, -0.1) is 0 Å². The van der Waals surface area contributed by atoms with Crippen LogP contribution >= 0.6 is 23.2 Å². The van der Waals surface area contributed by atoms with Crippen molar-refractivity contribution in [1.82, 2.24) is 9.62 Å². The summed E-state index contributed by atoms with van der Waals surface area (Å²) in [6, 6.07) is 9.02. The van der Waals surface area contributed by atoms with E-state index in [0.717, 1.165) is 21.9 Å². The molecule has 0 unspecified atom stereocenters. The van der Waals surface area contributed by atoms with Crippen LogP contribution in [0.3, 0.4) is 0 Å². The second kappa shape index (κ2) is 10.2. The number of carbonyl (C=O) groups excluding carboxylic acids is 1. The summed E-state index contributed by atoms with van der Waals surface area (Å²) in [6.07, 6.45) is 1.77. The lowest BCUT2D eigenvalue weighted by molar-refractivity contribution is -0.142. The van der Waals surface area contributed by atoms with Crippen LogP contribution in [0.15, 0.2) is 47.4 Å². The van der Waals surface area contributed by atoms with E-state index in [-0.39, 0.29) is 34.3 Å². The molecule has 0 saturated carbocycles. The summed E-state index contributed by atoms with van der Waals surface area (Å²) in [5.41, 5.74) is 1.61. The second-order valence-electron chi connectivity index (χ2n) is 7.69. The Bertz CT molecular complexity index is 1100. The Balaban J connectivity index is 1.99. The minimum absolute atomic E-state index is 0.0343. The lowest BCUT2D eigenvalue weighted by Gasteiger charge is -2.35. The van der Waals surface area contributed by atoms with Crippen molar-refractivity contribution in [2.75, 3.05) is 0 Å². The van der Waals surface area contributed by atoms with Gasteiger partial charge in [-0.1, -0.05) is 67.2 Å². The molecule has 0 radical (unpaired) electrons. The van der Waals surface area contributed by atoms with Crippen molar-refractivity contribution in [2.24, 2.45) is 0 Å². The lowest BCUT2D eigenvalue weighted by atomic mass is 9.95. The summed E-state index contributed by atoms with van der Waals surface area (Å²) in [6.45, 7) is 1.89. The SMILES string of the molecule is CCCC[C@H](NC(=O)[C@@H]1Cc2ccccc2CN1S(=O)(=O)c1cc(Cl)cc(Cl)c1)C(=O)O. The van der Waals surface area contributed by atoms with Gasteiger partial charge in [0, 0.05) is 16.6 Å². The van der Waals surface area contributed by atoms with Crippen molar-refractivity contribution in [3.8, 4) is 0 Å². The van der Waals surface area contributed by atoms with E-state index in [9.17, 15) is 23.1 Å². The summed E-state index contributed by atoms with van der Waals surface area (Å²) < 4.78 is 28.1. The van der Waals surface area contributed by atoms with E-state index in [4.69, 9.17) is 23.2 Å². The predicted molar refractivity (Wildman–Crippen MR) is 122 cm³/mol. The summed E-state index contributed by atoms with van der Waals surface area (Å²) >= 11 is 12.0. The van der Waals surface area contributed by atoms with Crippen LogP contribution in [0.5, 0.6) is 0 Å². The number of amides is 1. The molecule has 172 valence electrons. The zero-order valence-corrected chi connectivity index (χ0v) is 19.8. The first-order valence-electron chi connectivity index (χ1n) is 10.2. The maximum absolute atomic E-state index is 13.5. The predicted octanol–water partition coefficient (Wildman–Crippen LogP) is 3.87. The summed E-state index contributed by atoms with van der Waals surface area (Å²) in [7, 11) is -4.16. The number of nitrogens with zero attached hydrogens (tertiary/aromatic N) is 1. The average molecular weight is 499 g/mol. The Morgan fingerprint density at radius 3 is 2.38 bits per heavy atom. The molecule has 2 aromatic carbocycles. The number of aliphatic carboxylic acids is 1. The summed E-state index contributed by atoms with van der Waals surface area (Å²) in [4.78, 5) is 24.7. The normalized spacial score (nSPS) is 17.4. The van der Waals surface area contributed by atoms with Crippen molar-refractivity contribution < 1.29 is 23.1 Å². The molecular formula is C22H24Cl2N2O5S. The zero-order chi connectivity index (χ0) is 23.5. The highest BCUT2D eigenvalue weighted by Gasteiger charge is 2.40. The number of rotatable bonds is 8. The average Bonchev–Trinajstić information content (AvgIpc) is 2.74. The Kier molecular flexibility index (Phi) is 7.82. The number of nitrogens with one attached hydrogen (secondary N) is 1. The molecule has 2 N–H and O–H groups in total. The fourth-order valence-corrected chi connectivity index (χ4v) is 6.01. The van der Waals surface area contributed by atoms with E-state index >= 15 is 0 Å². The first kappa shape index (κ1) is 24.5. The van der Waals surface area contributed by atoms with Crippen LogP contribution in [0.4, 0.5) is 0 Å². The van der Waals surface area contributed by atoms with Gasteiger partial charge >= 0.3 is 5.97 Å². The zero-order valence-electron chi connectivity index (χ0n) is 17.4. The molecule has 0 aliphatic carbocycles. The number of halogens is 2. The molecule has 0 aromatic heterocycles. The van der Waals surface area contributed by atoms with Gasteiger partial charge in [0.25, 0.3) is 0 Å². The highest BCUT2D eigenvalue weighted by molar-refractivity contribution is 7.89. The Morgan fingerprint density at radius 1 is 1.16 bits per heavy atom. The third-order valence-corrected chi connectivity index (χ3v) is 7.68. The van der Waals surface area contributed by atoms with E-state index in [2.05, 4.69) is 5.32 Å². The number of fused-ring (bicyclic) bond motifs is 1. The smallest absolute Gasteiger partial charge is 0.326 e. The van der Waals surface area contributed by atoms with Gasteiger partial charge in [0.05, 0.1) is 4.90 Å². The Labute approximate surface area is 197 Å². The van der Waals surface area contributed by atoms with Gasteiger partial charge in [0.15, 0.2) is 0 Å². The third-order valence-electron chi connectivity index (χ3n) is 5.41. The van der Waals surface area contributed by atoms with Crippen molar-refractivity contribution in [3.63, 3.8) is 0 Å². The highest BCUT2D eigenvalue weighted by atomic mass is 35.5. The molecule has 2 aromatic rings. The number of unbranched alkanes of at least 4 members (excludes halogenated alkanes) is 1. The molecule has 10 heteroatoms. The number of hydrogen-bond donors (Lipinski definition) is 2. The number of carboxylic acid groups (broad SMARTS) is 1. The van der Waals surface area contributed by atoms with Crippen molar-refractivity contribution in [3.05, 3.63) is 63.6 Å². The van der Waals surface area contributed by atoms with Crippen molar-refractivity contribution >= 4 is 45.1 Å². The van der Waals surface area contributed by atoms with Crippen molar-refractivity contribution in [2.45, 2.75) is 56.1 Å². The summed E-state index contributed by atoms with van der Waals surface area (Å²) in [5.74, 6) is -1.81. The lowest BCUT2D eigenvalue weighted by Crippen LogP contribution is -2.55. The second-order valence-corrected chi connectivity index (χ2v) is 10.4. The van der Waals surface area contributed by atoms with Gasteiger partial charge in [-0.05, 0) is 42.2 Å². The van der Waals surface area contributed by atoms with Gasteiger partial charge in [0.2, 0.25) is 15.9 Å². The van der Waals surface area contributed by atoms with Crippen LogP contribution in [0.1, 0.15) is 37.3 Å². The molecule has 0 fully saturated rings. The molecule has 1 amide bonds. The minimum Gasteiger partial charge on any atom is -0.480 e. The van der Waals surface area contributed by atoms with Gasteiger partial charge in [0.1, 0.15) is 12.1 Å². The van der Waals surface area contributed by atoms with Gasteiger partial charge in [-0.2, -0.15) is 4.31 Å². The minimum atomic E-state index is -4.16. The number of carbonyl (C=O) groups is 2. The van der Waals surface area contributed by atoms with Crippen LogP contribution in [-0.2, 0) is 32.6 Å². The van der Waals surface area contributed by atoms with Crippen LogP contribution in [0.25, 0.3) is 0 Å². The molecule has 0 bridgehead atoms. The largest absolute Gasteiger partial charge is 0.480 e. The van der Waals surface area contributed by atoms with E-state index in [1.54, 1.807) is 12.1 Å². The first-order chi connectivity index (χ1) is 15.1. The molecule has 7 nitrogen and oxygen atoms in total. The number of carboxylic acids is 1. The van der Waals surface area contributed by atoms with Crippen LogP contribution in [0, 0.1) is 0 Å². The fourth-order valence-electron chi connectivity index (χ4n) is 3.72. The van der Waals surface area contributed by atoms with Crippen molar-refractivity contribution in [1.29, 1.82) is 0 Å². The standard InChI is InChI=1S/C22H24Cl2N2O5S/c1-2-3-8-19(22(28)29)25-21(27)20-9-14-6-4-5-7-15(14)13-26(20)32(30,31)18-11-16(23)10-17(24)12-18/h4-7,10-12,19-20H,2-3,8-9,13H2,1H3,(H,25,27)(H,28,29)/t19-,20-/m0/s1. The molecular weight excluding hydrogens is 475 g/mol. The maximum Gasteiger partial charge on any atom is 0.326 e. The maximum atomic E-state index is 13.5. The van der Waals surface area contributed by atoms with E-state index in [1.165, 1.54) is 18.2 Å². The fraction of sp³-hybridized carbons (Fsp3) is 0.364. The monoisotopic (exact) mass is 498 g/mol. The van der Waals surface area contributed by atoms with Gasteiger partial charge in [-0.25, -0.2) is 13.2 Å². The van der Waals surface area contributed by atoms with E-state index < -0.39 is 34.0 Å². The van der Waals surface area contributed by atoms with Crippen LogP contribution in [-0.4, -0.2) is 41.8 Å². The molecule has 0 spiro atoms. The van der Waals surface area contributed by atoms with Gasteiger partial charge in [-0.3, -0.25) is 4.79 Å². The highest BCUT2D eigenvalue weighted by Crippen LogP contribution is 2.31. The molecule has 3 rings (SSSR count). The molecule has 0 saturated heterocycles. The Morgan fingerprint density at radius 2 is 1.78 bits per heavy atom. The molecule has 1 aliphatic rings. The number of sulfonamides is 1. The molecule has 1 heterocycles. The Hall–Kier alpha value is -2.13. The summed E-state index contributed by atoms with van der Waals surface area (Å²) in [5, 5.41) is 12.3. The molecule has 2 atom stereocenters. The van der Waals surface area contributed by atoms with E-state index in [1.807, 2.05) is 19.1 Å². The van der Waals surface area contributed by atoms with E-state index in [0.29, 0.717) is 6.42 Å². The quantitative estimate of drug-likeness (QED) is 0.574. The topological polar surface area (TPSA) is 104 Å². The van der Waals surface area contributed by atoms with Crippen LogP contribution < -0.4 is 5.32 Å². The molecule has 32 heavy (non-hydrogen) atoms. The van der Waals surface area contributed by atoms with Crippen LogP contribution in [0.2, 0.25) is 10.0 Å². The number of benzene rings is 2. The molecule has 1 aliphatic heterocycles. The van der Waals surface area contributed by atoms with Gasteiger partial charge < -0.3 is 10.4 Å². The first-order valence-corrected chi connectivity index (χ1v) is 12.4. The number of hydrogen-bond acceptors (Lipinski definition) is 4. The third kappa shape index (κ3) is 5.43.